The minimum absolute atomic E-state index is 0.500. The van der Waals surface area contributed by atoms with Crippen molar-refractivity contribution in [2.24, 2.45) is 0 Å². The quantitative estimate of drug-likeness (QED) is 0.563. The van der Waals surface area contributed by atoms with Gasteiger partial charge in [-0.25, -0.2) is 4.98 Å². The molecule has 0 bridgehead atoms. The van der Waals surface area contributed by atoms with E-state index < -0.39 is 0 Å². The van der Waals surface area contributed by atoms with E-state index in [-0.39, 0.29) is 0 Å². The van der Waals surface area contributed by atoms with Crippen LogP contribution in [0.25, 0.3) is 0 Å². The molecule has 0 aliphatic rings. The molecule has 52 valence electrons. The third-order valence-corrected chi connectivity index (χ3v) is 0.924. The summed E-state index contributed by atoms with van der Waals surface area (Å²) in [4.78, 5) is 3.86. The summed E-state index contributed by atoms with van der Waals surface area (Å²) >= 11 is 0. The summed E-state index contributed by atoms with van der Waals surface area (Å²) in [7, 11) is 0.500. The third-order valence-electron chi connectivity index (χ3n) is 0.924. The van der Waals surface area contributed by atoms with Crippen LogP contribution in [0, 0.1) is 0 Å². The van der Waals surface area contributed by atoms with Gasteiger partial charge in [-0.3, -0.25) is 4.39 Å². The van der Waals surface area contributed by atoms with Crippen molar-refractivity contribution in [3.8, 4) is 0 Å². The van der Waals surface area contributed by atoms with Crippen LogP contribution in [-0.2, 0) is 6.54 Å². The lowest BCUT2D eigenvalue weighted by atomic mass is 10.7. The zero-order valence-electron chi connectivity index (χ0n) is 5.71. The molecule has 0 aliphatic heterocycles. The molecule has 0 fully saturated rings. The number of aromatic nitrogens is 2. The first kappa shape index (κ1) is 8.14. The van der Waals surface area contributed by atoms with E-state index in [0.29, 0.717) is 7.18 Å². The van der Waals surface area contributed by atoms with Crippen molar-refractivity contribution in [1.82, 2.24) is 9.55 Å². The van der Waals surface area contributed by atoms with Gasteiger partial charge in [0.15, 0.2) is 0 Å². The van der Waals surface area contributed by atoms with Crippen LogP contribution in [0.2, 0.25) is 0 Å². The molecule has 2 nitrogen and oxygen atoms in total. The minimum atomic E-state index is 0.500. The van der Waals surface area contributed by atoms with Gasteiger partial charge in [0.05, 0.1) is 13.5 Å². The van der Waals surface area contributed by atoms with Crippen LogP contribution in [0.1, 0.15) is 6.92 Å². The molecule has 1 rings (SSSR count). The van der Waals surface area contributed by atoms with E-state index in [1.54, 1.807) is 12.5 Å². The Morgan fingerprint density at radius 2 is 2.22 bits per heavy atom. The lowest BCUT2D eigenvalue weighted by Gasteiger charge is -1.87. The highest BCUT2D eigenvalue weighted by atomic mass is 19.1. The highest BCUT2D eigenvalue weighted by Crippen LogP contribution is 1.81. The fourth-order valence-corrected chi connectivity index (χ4v) is 0.474. The smallest absolute Gasteiger partial charge is 0.0945 e. The summed E-state index contributed by atoms with van der Waals surface area (Å²) < 4.78 is 11.5. The van der Waals surface area contributed by atoms with E-state index in [1.807, 2.05) is 10.8 Å². The fourth-order valence-electron chi connectivity index (χ4n) is 0.474. The molecule has 0 spiro atoms. The Morgan fingerprint density at radius 3 is 2.44 bits per heavy atom. The van der Waals surface area contributed by atoms with Gasteiger partial charge in [0.1, 0.15) is 0 Å². The van der Waals surface area contributed by atoms with Gasteiger partial charge in [0.25, 0.3) is 0 Å². The monoisotopic (exact) mass is 130 g/mol. The fraction of sp³-hybridized carbons (Fsp3) is 0.500. The molecule has 9 heavy (non-hydrogen) atoms. The molecule has 0 amide bonds. The summed E-state index contributed by atoms with van der Waals surface area (Å²) in [6.45, 7) is 3.10. The first-order chi connectivity index (χ1) is 4.43. The number of rotatable bonds is 1. The molecule has 1 heterocycles. The van der Waals surface area contributed by atoms with Crippen molar-refractivity contribution < 1.29 is 4.39 Å². The van der Waals surface area contributed by atoms with E-state index in [1.165, 1.54) is 0 Å². The van der Waals surface area contributed by atoms with Gasteiger partial charge in [0, 0.05) is 18.9 Å². The van der Waals surface area contributed by atoms with Crippen molar-refractivity contribution >= 4 is 0 Å². The Bertz CT molecular complexity index is 126. The summed E-state index contributed by atoms with van der Waals surface area (Å²) in [6, 6.07) is 0. The molecule has 0 radical (unpaired) electrons. The number of nitrogens with zero attached hydrogens (tertiary/aromatic N) is 2. The van der Waals surface area contributed by atoms with E-state index in [9.17, 15) is 4.39 Å². The second kappa shape index (κ2) is 5.28. The molecule has 0 saturated heterocycles. The molecule has 0 unspecified atom stereocenters. The van der Waals surface area contributed by atoms with Gasteiger partial charge in [-0.15, -0.1) is 0 Å². The Labute approximate surface area is 54.3 Å². The zero-order valence-corrected chi connectivity index (χ0v) is 5.71. The van der Waals surface area contributed by atoms with Gasteiger partial charge in [-0.05, 0) is 6.92 Å². The maximum Gasteiger partial charge on any atom is 0.0945 e. The number of hydrogen-bond donors (Lipinski definition) is 0. The van der Waals surface area contributed by atoms with Gasteiger partial charge >= 0.3 is 0 Å². The lowest BCUT2D eigenvalue weighted by molar-refractivity contribution is 0.636. The highest BCUT2D eigenvalue weighted by Gasteiger charge is 1.77. The van der Waals surface area contributed by atoms with Crippen LogP contribution in [0.5, 0.6) is 0 Å². The lowest BCUT2D eigenvalue weighted by Crippen LogP contribution is -1.85. The van der Waals surface area contributed by atoms with Gasteiger partial charge < -0.3 is 4.57 Å². The third kappa shape index (κ3) is 2.85. The van der Waals surface area contributed by atoms with Crippen molar-refractivity contribution in [2.45, 2.75) is 13.5 Å². The first-order valence-corrected chi connectivity index (χ1v) is 2.77. The second-order valence-corrected chi connectivity index (χ2v) is 1.39. The summed E-state index contributed by atoms with van der Waals surface area (Å²) in [6.07, 6.45) is 5.53. The topological polar surface area (TPSA) is 17.8 Å². The highest BCUT2D eigenvalue weighted by molar-refractivity contribution is 4.72. The summed E-state index contributed by atoms with van der Waals surface area (Å²) in [5, 5.41) is 0. The van der Waals surface area contributed by atoms with E-state index in [0.717, 1.165) is 6.54 Å². The zero-order chi connectivity index (χ0) is 7.11. The Morgan fingerprint density at radius 1 is 1.56 bits per heavy atom. The van der Waals surface area contributed by atoms with Crippen LogP contribution < -0.4 is 0 Å². The molecule has 3 heteroatoms. The van der Waals surface area contributed by atoms with Crippen molar-refractivity contribution in [3.63, 3.8) is 0 Å². The van der Waals surface area contributed by atoms with Crippen molar-refractivity contribution in [1.29, 1.82) is 0 Å². The molecule has 0 saturated carbocycles. The number of imidazole rings is 1. The Kier molecular flexibility index (Phi) is 4.78. The molecule has 0 atom stereocenters. The summed E-state index contributed by atoms with van der Waals surface area (Å²) in [5.41, 5.74) is 0. The first-order valence-electron chi connectivity index (χ1n) is 2.77. The average molecular weight is 130 g/mol. The molecule has 1 aromatic heterocycles. The number of aryl methyl sites for hydroxylation is 1. The second-order valence-electron chi connectivity index (χ2n) is 1.39. The van der Waals surface area contributed by atoms with Gasteiger partial charge in [0.2, 0.25) is 0 Å². The maximum absolute atomic E-state index is 9.50. The van der Waals surface area contributed by atoms with Gasteiger partial charge in [-0.2, -0.15) is 0 Å². The van der Waals surface area contributed by atoms with Gasteiger partial charge in [-0.1, -0.05) is 0 Å². The number of alkyl halides is 1. The summed E-state index contributed by atoms with van der Waals surface area (Å²) in [5.74, 6) is 0. The molecule has 0 N–H and O–H groups in total. The van der Waals surface area contributed by atoms with Crippen molar-refractivity contribution in [2.75, 3.05) is 7.18 Å². The molecule has 0 aromatic carbocycles. The van der Waals surface area contributed by atoms with Crippen LogP contribution in [0.4, 0.5) is 4.39 Å². The van der Waals surface area contributed by atoms with E-state index in [2.05, 4.69) is 11.9 Å². The molecule has 1 aromatic rings. The van der Waals surface area contributed by atoms with Crippen LogP contribution >= 0.6 is 0 Å². The largest absolute Gasteiger partial charge is 0.338 e. The predicted octanol–water partition coefficient (Wildman–Crippen LogP) is 1.49. The van der Waals surface area contributed by atoms with Crippen LogP contribution in [-0.4, -0.2) is 16.7 Å². The molecule has 0 aliphatic carbocycles. The molecular weight excluding hydrogens is 119 g/mol. The number of halogens is 1. The van der Waals surface area contributed by atoms with E-state index in [4.69, 9.17) is 0 Å². The standard InChI is InChI=1S/C5H8N2.CH3F/c1-2-7-4-3-6-5-7;1-2/h3-5H,2H2,1H3;1H3. The van der Waals surface area contributed by atoms with Crippen molar-refractivity contribution in [3.05, 3.63) is 18.7 Å². The SMILES string of the molecule is CCn1ccnc1.CF. The maximum atomic E-state index is 9.50. The van der Waals surface area contributed by atoms with Crippen LogP contribution in [0.15, 0.2) is 18.7 Å². The molecular formula is C6H11FN2. The Hall–Kier alpha value is -0.860. The normalized spacial score (nSPS) is 7.89. The van der Waals surface area contributed by atoms with Crippen LogP contribution in [0.3, 0.4) is 0 Å². The minimum Gasteiger partial charge on any atom is -0.338 e. The van der Waals surface area contributed by atoms with E-state index >= 15 is 0 Å². The predicted molar refractivity (Wildman–Crippen MR) is 34.9 cm³/mol. The average Bonchev–Trinajstić information content (AvgIpc) is 2.43. The number of hydrogen-bond acceptors (Lipinski definition) is 1. The Balaban J connectivity index is 0.000000291.